The van der Waals surface area contributed by atoms with E-state index in [1.54, 1.807) is 16.5 Å². The molecule has 130 valence electrons. The SMILES string of the molecule is Cc1cc(C)cc(NC(=O)c2sc(=S)n3c2[nH]c(=O)c2ccccc23)c1. The number of carbonyl (C=O) groups excluding carboxylic acids is 1. The Hall–Kier alpha value is -2.77. The van der Waals surface area contributed by atoms with Crippen LogP contribution >= 0.6 is 23.6 Å². The van der Waals surface area contributed by atoms with Crippen LogP contribution in [0.15, 0.2) is 47.3 Å². The number of hydrogen-bond donors (Lipinski definition) is 2. The number of carbonyl (C=O) groups is 1. The molecule has 4 aromatic rings. The summed E-state index contributed by atoms with van der Waals surface area (Å²) < 4.78 is 2.26. The standard InChI is InChI=1S/C19H15N3O2S2/c1-10-7-11(2)9-12(8-10)20-18(24)15-16-21-17(23)13-5-3-4-6-14(13)22(16)19(25)26-15/h3-9H,1-2H3,(H,20,24)(H,21,23). The summed E-state index contributed by atoms with van der Waals surface area (Å²) in [5.74, 6) is -0.292. The molecule has 2 heterocycles. The van der Waals surface area contributed by atoms with E-state index in [-0.39, 0.29) is 11.5 Å². The average molecular weight is 381 g/mol. The summed E-state index contributed by atoms with van der Waals surface area (Å²) in [6.07, 6.45) is 0. The van der Waals surface area contributed by atoms with E-state index in [0.717, 1.165) is 11.1 Å². The topological polar surface area (TPSA) is 66.4 Å². The van der Waals surface area contributed by atoms with Crippen LogP contribution in [0, 0.1) is 17.8 Å². The number of rotatable bonds is 2. The molecule has 0 aliphatic heterocycles. The monoisotopic (exact) mass is 381 g/mol. The van der Waals surface area contributed by atoms with Gasteiger partial charge in [-0.3, -0.25) is 14.0 Å². The van der Waals surface area contributed by atoms with E-state index in [4.69, 9.17) is 12.2 Å². The zero-order valence-corrected chi connectivity index (χ0v) is 15.8. The summed E-state index contributed by atoms with van der Waals surface area (Å²) >= 11 is 6.63. The van der Waals surface area contributed by atoms with Crippen molar-refractivity contribution in [2.45, 2.75) is 13.8 Å². The molecule has 0 aliphatic carbocycles. The average Bonchev–Trinajstić information content (AvgIpc) is 2.91. The lowest BCUT2D eigenvalue weighted by Crippen LogP contribution is -2.15. The largest absolute Gasteiger partial charge is 0.321 e. The second kappa shape index (κ2) is 6.19. The highest BCUT2D eigenvalue weighted by Gasteiger charge is 2.18. The molecule has 0 atom stereocenters. The van der Waals surface area contributed by atoms with E-state index >= 15 is 0 Å². The third-order valence-electron chi connectivity index (χ3n) is 4.12. The zero-order chi connectivity index (χ0) is 18.4. The van der Waals surface area contributed by atoms with Crippen molar-refractivity contribution in [1.29, 1.82) is 0 Å². The Morgan fingerprint density at radius 1 is 1.15 bits per heavy atom. The van der Waals surface area contributed by atoms with Crippen molar-refractivity contribution in [1.82, 2.24) is 9.38 Å². The van der Waals surface area contributed by atoms with Crippen molar-refractivity contribution in [2.75, 3.05) is 5.32 Å². The van der Waals surface area contributed by atoms with Crippen molar-refractivity contribution >= 4 is 51.7 Å². The number of fused-ring (bicyclic) bond motifs is 3. The zero-order valence-electron chi connectivity index (χ0n) is 14.1. The normalized spacial score (nSPS) is 11.2. The van der Waals surface area contributed by atoms with Crippen LogP contribution in [-0.2, 0) is 0 Å². The van der Waals surface area contributed by atoms with Gasteiger partial charge in [0.05, 0.1) is 10.9 Å². The highest BCUT2D eigenvalue weighted by atomic mass is 32.1. The molecule has 1 amide bonds. The molecule has 0 unspecified atom stereocenters. The molecule has 0 saturated heterocycles. The van der Waals surface area contributed by atoms with Crippen molar-refractivity contribution < 1.29 is 4.79 Å². The van der Waals surface area contributed by atoms with E-state index in [1.807, 2.05) is 44.2 Å². The first-order valence-electron chi connectivity index (χ1n) is 8.00. The molecule has 2 N–H and O–H groups in total. The van der Waals surface area contributed by atoms with Crippen molar-refractivity contribution in [2.24, 2.45) is 0 Å². The maximum absolute atomic E-state index is 12.8. The minimum atomic E-state index is -0.292. The fraction of sp³-hybridized carbons (Fsp3) is 0.105. The molecule has 0 bridgehead atoms. The fourth-order valence-corrected chi connectivity index (χ4v) is 4.41. The number of thiazole rings is 1. The molecule has 26 heavy (non-hydrogen) atoms. The smallest absolute Gasteiger partial charge is 0.269 e. The van der Waals surface area contributed by atoms with Crippen LogP contribution < -0.4 is 10.9 Å². The van der Waals surface area contributed by atoms with Gasteiger partial charge in [0.15, 0.2) is 3.95 Å². The molecular weight excluding hydrogens is 366 g/mol. The number of aromatic amines is 1. The maximum Gasteiger partial charge on any atom is 0.269 e. The summed E-state index contributed by atoms with van der Waals surface area (Å²) in [7, 11) is 0. The first-order chi connectivity index (χ1) is 12.4. The van der Waals surface area contributed by atoms with Gasteiger partial charge in [0.2, 0.25) is 0 Å². The van der Waals surface area contributed by atoms with Crippen LogP contribution in [0.4, 0.5) is 5.69 Å². The number of anilines is 1. The molecular formula is C19H15N3O2S2. The molecule has 0 aliphatic rings. The number of para-hydroxylation sites is 1. The Bertz CT molecular complexity index is 1280. The number of benzene rings is 2. The number of H-pyrrole nitrogens is 1. The van der Waals surface area contributed by atoms with E-state index in [2.05, 4.69) is 10.3 Å². The second-order valence-corrected chi connectivity index (χ2v) is 7.83. The predicted molar refractivity (Wildman–Crippen MR) is 108 cm³/mol. The van der Waals surface area contributed by atoms with Crippen molar-refractivity contribution in [3.05, 3.63) is 72.8 Å². The van der Waals surface area contributed by atoms with Crippen LogP contribution in [0.3, 0.4) is 0 Å². The second-order valence-electron chi connectivity index (χ2n) is 6.18. The van der Waals surface area contributed by atoms with E-state index in [9.17, 15) is 9.59 Å². The van der Waals surface area contributed by atoms with Gasteiger partial charge >= 0.3 is 0 Å². The van der Waals surface area contributed by atoms with Crippen LogP contribution in [0.5, 0.6) is 0 Å². The van der Waals surface area contributed by atoms with Crippen molar-refractivity contribution in [3.8, 4) is 0 Å². The molecule has 0 fully saturated rings. The van der Waals surface area contributed by atoms with Crippen molar-refractivity contribution in [3.63, 3.8) is 0 Å². The highest BCUT2D eigenvalue weighted by Crippen LogP contribution is 2.24. The van der Waals surface area contributed by atoms with Gasteiger partial charge in [-0.25, -0.2) is 0 Å². The number of hydrogen-bond acceptors (Lipinski definition) is 4. The lowest BCUT2D eigenvalue weighted by molar-refractivity contribution is 0.103. The summed E-state index contributed by atoms with van der Waals surface area (Å²) in [5.41, 5.74) is 3.72. The molecule has 7 heteroatoms. The first-order valence-corrected chi connectivity index (χ1v) is 9.23. The van der Waals surface area contributed by atoms with Crippen LogP contribution in [-0.4, -0.2) is 15.3 Å². The van der Waals surface area contributed by atoms with Gasteiger partial charge < -0.3 is 10.3 Å². The lowest BCUT2D eigenvalue weighted by atomic mass is 10.1. The van der Waals surface area contributed by atoms with Gasteiger partial charge in [-0.05, 0) is 61.5 Å². The highest BCUT2D eigenvalue weighted by molar-refractivity contribution is 7.73. The fourth-order valence-electron chi connectivity index (χ4n) is 3.13. The van der Waals surface area contributed by atoms with E-state index in [0.29, 0.717) is 31.1 Å². The number of nitrogens with one attached hydrogen (secondary N) is 2. The molecule has 4 rings (SSSR count). The summed E-state index contributed by atoms with van der Waals surface area (Å²) in [5, 5.41) is 3.44. The van der Waals surface area contributed by atoms with Gasteiger partial charge in [0.1, 0.15) is 10.5 Å². The Morgan fingerprint density at radius 3 is 2.58 bits per heavy atom. The van der Waals surface area contributed by atoms with Gasteiger partial charge in [0, 0.05) is 5.69 Å². The molecule has 5 nitrogen and oxygen atoms in total. The van der Waals surface area contributed by atoms with Crippen LogP contribution in [0.2, 0.25) is 0 Å². The summed E-state index contributed by atoms with van der Waals surface area (Å²) in [6.45, 7) is 3.95. The quantitative estimate of drug-likeness (QED) is 0.505. The number of aryl methyl sites for hydroxylation is 2. The Kier molecular flexibility index (Phi) is 3.97. The number of nitrogens with zero attached hydrogens (tertiary/aromatic N) is 1. The van der Waals surface area contributed by atoms with Crippen LogP contribution in [0.25, 0.3) is 16.6 Å². The minimum Gasteiger partial charge on any atom is -0.321 e. The third-order valence-corrected chi connectivity index (χ3v) is 5.49. The molecule has 0 radical (unpaired) electrons. The molecule has 0 spiro atoms. The van der Waals surface area contributed by atoms with Crippen LogP contribution in [0.1, 0.15) is 20.8 Å². The minimum absolute atomic E-state index is 0.242. The molecule has 0 saturated carbocycles. The van der Waals surface area contributed by atoms with Gasteiger partial charge in [-0.2, -0.15) is 0 Å². The Balaban J connectivity index is 1.88. The lowest BCUT2D eigenvalue weighted by Gasteiger charge is -2.07. The summed E-state index contributed by atoms with van der Waals surface area (Å²) in [6, 6.07) is 13.1. The number of amides is 1. The van der Waals surface area contributed by atoms with Gasteiger partial charge in [0.25, 0.3) is 11.5 Å². The summed E-state index contributed by atoms with van der Waals surface area (Å²) in [4.78, 5) is 28.4. The molecule has 2 aromatic heterocycles. The van der Waals surface area contributed by atoms with Gasteiger partial charge in [-0.15, -0.1) is 0 Å². The predicted octanol–water partition coefficient (Wildman–Crippen LogP) is 4.44. The van der Waals surface area contributed by atoms with E-state index < -0.39 is 0 Å². The number of aromatic nitrogens is 2. The van der Waals surface area contributed by atoms with E-state index in [1.165, 1.54) is 11.3 Å². The first kappa shape index (κ1) is 16.7. The maximum atomic E-state index is 12.8. The Morgan fingerprint density at radius 2 is 1.85 bits per heavy atom. The molecule has 2 aromatic carbocycles. The third kappa shape index (κ3) is 2.75. The van der Waals surface area contributed by atoms with Gasteiger partial charge in [-0.1, -0.05) is 29.5 Å². The Labute approximate surface area is 157 Å².